The zero-order chi connectivity index (χ0) is 19.1. The SMILES string of the molecule is CCOC(=O)c1cnn(Cc2nc(-c3cccc(OCCOC)c3)cs2)c1. The average molecular weight is 387 g/mol. The highest BCUT2D eigenvalue weighted by atomic mass is 32.1. The van der Waals surface area contributed by atoms with E-state index in [0.29, 0.717) is 31.9 Å². The van der Waals surface area contributed by atoms with Gasteiger partial charge in [0.2, 0.25) is 0 Å². The molecule has 27 heavy (non-hydrogen) atoms. The highest BCUT2D eigenvalue weighted by Crippen LogP contribution is 2.25. The van der Waals surface area contributed by atoms with Crippen molar-refractivity contribution < 1.29 is 19.0 Å². The normalized spacial score (nSPS) is 10.7. The summed E-state index contributed by atoms with van der Waals surface area (Å²) < 4.78 is 17.3. The molecule has 0 aliphatic carbocycles. The Hall–Kier alpha value is -2.71. The Morgan fingerprint density at radius 3 is 3.00 bits per heavy atom. The summed E-state index contributed by atoms with van der Waals surface area (Å²) in [5.74, 6) is 0.416. The van der Waals surface area contributed by atoms with E-state index in [1.54, 1.807) is 36.2 Å². The number of nitrogens with zero attached hydrogens (tertiary/aromatic N) is 3. The molecule has 7 nitrogen and oxygen atoms in total. The molecule has 3 rings (SSSR count). The van der Waals surface area contributed by atoms with Gasteiger partial charge in [0.05, 0.1) is 37.2 Å². The van der Waals surface area contributed by atoms with E-state index >= 15 is 0 Å². The molecule has 8 heteroatoms. The molecular weight excluding hydrogens is 366 g/mol. The molecule has 0 bridgehead atoms. The Labute approximate surface area is 161 Å². The first kappa shape index (κ1) is 19.1. The van der Waals surface area contributed by atoms with Crippen LogP contribution < -0.4 is 4.74 Å². The van der Waals surface area contributed by atoms with Crippen LogP contribution in [0, 0.1) is 0 Å². The number of aromatic nitrogens is 3. The lowest BCUT2D eigenvalue weighted by molar-refractivity contribution is 0.0526. The van der Waals surface area contributed by atoms with Crippen molar-refractivity contribution in [1.29, 1.82) is 0 Å². The van der Waals surface area contributed by atoms with Crippen molar-refractivity contribution in [2.45, 2.75) is 13.5 Å². The number of benzene rings is 1. The van der Waals surface area contributed by atoms with E-state index in [1.807, 2.05) is 29.6 Å². The minimum atomic E-state index is -0.367. The second-order valence-corrected chi connectivity index (χ2v) is 6.59. The number of hydrogen-bond donors (Lipinski definition) is 0. The van der Waals surface area contributed by atoms with Crippen LogP contribution in [0.15, 0.2) is 42.0 Å². The summed E-state index contributed by atoms with van der Waals surface area (Å²) in [7, 11) is 1.64. The van der Waals surface area contributed by atoms with Crippen molar-refractivity contribution in [3.05, 3.63) is 52.6 Å². The van der Waals surface area contributed by atoms with Gasteiger partial charge in [0.15, 0.2) is 0 Å². The molecule has 0 amide bonds. The maximum absolute atomic E-state index is 11.7. The maximum atomic E-state index is 11.7. The molecule has 1 aromatic carbocycles. The van der Waals surface area contributed by atoms with Crippen LogP contribution in [0.4, 0.5) is 0 Å². The molecule has 2 heterocycles. The molecule has 0 N–H and O–H groups in total. The number of hydrogen-bond acceptors (Lipinski definition) is 7. The van der Waals surface area contributed by atoms with Crippen molar-refractivity contribution in [3.8, 4) is 17.0 Å². The van der Waals surface area contributed by atoms with E-state index in [0.717, 1.165) is 22.0 Å². The number of ether oxygens (including phenoxy) is 3. The van der Waals surface area contributed by atoms with Crippen molar-refractivity contribution in [3.63, 3.8) is 0 Å². The largest absolute Gasteiger partial charge is 0.491 e. The summed E-state index contributed by atoms with van der Waals surface area (Å²) in [6.45, 7) is 3.66. The first-order valence-electron chi connectivity index (χ1n) is 8.55. The quantitative estimate of drug-likeness (QED) is 0.414. The molecule has 0 unspecified atom stereocenters. The van der Waals surface area contributed by atoms with Crippen LogP contribution in [0.5, 0.6) is 5.75 Å². The molecule has 0 atom stereocenters. The highest BCUT2D eigenvalue weighted by Gasteiger charge is 2.11. The number of thiazole rings is 1. The number of carbonyl (C=O) groups excluding carboxylic acids is 1. The minimum absolute atomic E-state index is 0.341. The lowest BCUT2D eigenvalue weighted by Crippen LogP contribution is -2.04. The Balaban J connectivity index is 1.66. The monoisotopic (exact) mass is 387 g/mol. The molecule has 0 aliphatic rings. The van der Waals surface area contributed by atoms with E-state index in [-0.39, 0.29) is 5.97 Å². The van der Waals surface area contributed by atoms with Gasteiger partial charge in [-0.2, -0.15) is 5.10 Å². The molecule has 2 aromatic heterocycles. The van der Waals surface area contributed by atoms with E-state index in [9.17, 15) is 4.79 Å². The second kappa shape index (κ2) is 9.29. The summed E-state index contributed by atoms with van der Waals surface area (Å²) in [4.78, 5) is 16.4. The molecule has 142 valence electrons. The third kappa shape index (κ3) is 5.15. The number of methoxy groups -OCH3 is 1. The van der Waals surface area contributed by atoms with Crippen LogP contribution >= 0.6 is 11.3 Å². The van der Waals surface area contributed by atoms with Gasteiger partial charge in [-0.15, -0.1) is 11.3 Å². The van der Waals surface area contributed by atoms with Gasteiger partial charge < -0.3 is 14.2 Å². The average Bonchev–Trinajstić information content (AvgIpc) is 3.33. The van der Waals surface area contributed by atoms with Gasteiger partial charge in [0.1, 0.15) is 17.4 Å². The van der Waals surface area contributed by atoms with Gasteiger partial charge in [0.25, 0.3) is 0 Å². The zero-order valence-corrected chi connectivity index (χ0v) is 16.1. The predicted molar refractivity (Wildman–Crippen MR) is 102 cm³/mol. The summed E-state index contributed by atoms with van der Waals surface area (Å²) in [6.07, 6.45) is 3.18. The van der Waals surface area contributed by atoms with E-state index < -0.39 is 0 Å². The fourth-order valence-corrected chi connectivity index (χ4v) is 3.21. The Morgan fingerprint density at radius 2 is 2.19 bits per heavy atom. The highest BCUT2D eigenvalue weighted by molar-refractivity contribution is 7.09. The summed E-state index contributed by atoms with van der Waals surface area (Å²) >= 11 is 1.55. The third-order valence-electron chi connectivity index (χ3n) is 3.68. The second-order valence-electron chi connectivity index (χ2n) is 5.64. The molecule has 3 aromatic rings. The third-order valence-corrected chi connectivity index (χ3v) is 4.51. The van der Waals surface area contributed by atoms with Gasteiger partial charge in [0, 0.05) is 24.3 Å². The molecule has 0 radical (unpaired) electrons. The topological polar surface area (TPSA) is 75.5 Å². The van der Waals surface area contributed by atoms with Crippen LogP contribution in [0.25, 0.3) is 11.3 Å². The van der Waals surface area contributed by atoms with Gasteiger partial charge in [-0.3, -0.25) is 4.68 Å². The zero-order valence-electron chi connectivity index (χ0n) is 15.3. The van der Waals surface area contributed by atoms with Crippen LogP contribution in [0.1, 0.15) is 22.3 Å². The molecule has 0 spiro atoms. The van der Waals surface area contributed by atoms with Gasteiger partial charge in [-0.05, 0) is 19.1 Å². The summed E-state index contributed by atoms with van der Waals surface area (Å²) in [6, 6.07) is 7.80. The smallest absolute Gasteiger partial charge is 0.341 e. The van der Waals surface area contributed by atoms with Gasteiger partial charge in [-0.25, -0.2) is 9.78 Å². The lowest BCUT2D eigenvalue weighted by Gasteiger charge is -2.06. The van der Waals surface area contributed by atoms with Crippen LogP contribution in [0.2, 0.25) is 0 Å². The molecule has 0 aliphatic heterocycles. The number of carbonyl (C=O) groups is 1. The predicted octanol–water partition coefficient (Wildman–Crippen LogP) is 3.26. The van der Waals surface area contributed by atoms with Crippen molar-refractivity contribution in [1.82, 2.24) is 14.8 Å². The molecule has 0 saturated heterocycles. The standard InChI is InChI=1S/C19H21N3O4S/c1-3-25-19(23)15-10-20-22(11-15)12-18-21-17(13-27-18)14-5-4-6-16(9-14)26-8-7-24-2/h4-6,9-11,13H,3,7-8,12H2,1-2H3. The fourth-order valence-electron chi connectivity index (χ4n) is 2.41. The maximum Gasteiger partial charge on any atom is 0.341 e. The molecule has 0 fully saturated rings. The summed E-state index contributed by atoms with van der Waals surface area (Å²) in [5.41, 5.74) is 2.31. The Kier molecular flexibility index (Phi) is 6.56. The van der Waals surface area contributed by atoms with E-state index in [1.165, 1.54) is 6.20 Å². The van der Waals surface area contributed by atoms with Crippen molar-refractivity contribution in [2.75, 3.05) is 26.9 Å². The van der Waals surface area contributed by atoms with E-state index in [4.69, 9.17) is 14.2 Å². The fraction of sp³-hybridized carbons (Fsp3) is 0.316. The number of rotatable bonds is 9. The van der Waals surface area contributed by atoms with Gasteiger partial charge >= 0.3 is 5.97 Å². The molecule has 0 saturated carbocycles. The Bertz CT molecular complexity index is 890. The van der Waals surface area contributed by atoms with Crippen molar-refractivity contribution in [2.24, 2.45) is 0 Å². The van der Waals surface area contributed by atoms with Crippen molar-refractivity contribution >= 4 is 17.3 Å². The van der Waals surface area contributed by atoms with Crippen LogP contribution in [0.3, 0.4) is 0 Å². The van der Waals surface area contributed by atoms with E-state index in [2.05, 4.69) is 10.1 Å². The van der Waals surface area contributed by atoms with Crippen LogP contribution in [-0.4, -0.2) is 47.7 Å². The Morgan fingerprint density at radius 1 is 1.30 bits per heavy atom. The lowest BCUT2D eigenvalue weighted by atomic mass is 10.2. The number of esters is 1. The minimum Gasteiger partial charge on any atom is -0.491 e. The van der Waals surface area contributed by atoms with Gasteiger partial charge in [-0.1, -0.05) is 12.1 Å². The summed E-state index contributed by atoms with van der Waals surface area (Å²) in [5, 5.41) is 7.10. The van der Waals surface area contributed by atoms with Crippen LogP contribution in [-0.2, 0) is 16.0 Å². The first-order chi connectivity index (χ1) is 13.2. The molecular formula is C19H21N3O4S. The first-order valence-corrected chi connectivity index (χ1v) is 9.43.